The van der Waals surface area contributed by atoms with Gasteiger partial charge in [-0.05, 0) is 76.2 Å². The molecule has 3 aromatic carbocycles. The van der Waals surface area contributed by atoms with Gasteiger partial charge in [0.1, 0.15) is 0 Å². The Labute approximate surface area is 152 Å². The van der Waals surface area contributed by atoms with Crippen molar-refractivity contribution in [2.24, 2.45) is 5.73 Å². The van der Waals surface area contributed by atoms with Crippen molar-refractivity contribution in [3.05, 3.63) is 82.4 Å². The first-order valence-corrected chi connectivity index (χ1v) is 8.14. The summed E-state index contributed by atoms with van der Waals surface area (Å²) in [5, 5.41) is 9.24. The summed E-state index contributed by atoms with van der Waals surface area (Å²) in [5.74, 6) is -3.66. The van der Waals surface area contributed by atoms with Crippen LogP contribution in [-0.2, 0) is 6.42 Å². The quantitative estimate of drug-likeness (QED) is 0.576. The number of fused-ring (bicyclic) bond motifs is 3. The average molecular weight is 365 g/mol. The van der Waals surface area contributed by atoms with Crippen LogP contribution in [0.2, 0.25) is 0 Å². The Hall–Kier alpha value is -3.54. The maximum absolute atomic E-state index is 13.6. The number of carboxylic acid groups (broad SMARTS) is 1. The SMILES string of the molecule is NC(=O)c1cc(-c2ccc(F)c(F)c2)cc2c1Cc1ccc(C(=O)O)cc1-2. The van der Waals surface area contributed by atoms with Crippen molar-refractivity contribution < 1.29 is 23.5 Å². The normalized spacial score (nSPS) is 11.8. The molecule has 0 bridgehead atoms. The van der Waals surface area contributed by atoms with E-state index in [0.717, 1.165) is 17.7 Å². The number of benzene rings is 3. The smallest absolute Gasteiger partial charge is 0.335 e. The second kappa shape index (κ2) is 6.02. The molecule has 4 rings (SSSR count). The molecule has 0 unspecified atom stereocenters. The van der Waals surface area contributed by atoms with E-state index in [1.807, 2.05) is 0 Å². The van der Waals surface area contributed by atoms with E-state index in [1.165, 1.54) is 12.1 Å². The number of rotatable bonds is 3. The molecule has 0 aliphatic heterocycles. The van der Waals surface area contributed by atoms with Crippen molar-refractivity contribution in [1.82, 2.24) is 0 Å². The minimum atomic E-state index is -1.06. The molecule has 1 aliphatic rings. The lowest BCUT2D eigenvalue weighted by atomic mass is 9.93. The molecule has 4 nitrogen and oxygen atoms in total. The van der Waals surface area contributed by atoms with E-state index >= 15 is 0 Å². The van der Waals surface area contributed by atoms with Gasteiger partial charge in [0.05, 0.1) is 5.56 Å². The van der Waals surface area contributed by atoms with Gasteiger partial charge in [-0.15, -0.1) is 0 Å². The summed E-state index contributed by atoms with van der Waals surface area (Å²) in [6, 6.07) is 11.5. The van der Waals surface area contributed by atoms with Crippen molar-refractivity contribution in [3.63, 3.8) is 0 Å². The highest BCUT2D eigenvalue weighted by molar-refractivity contribution is 6.00. The molecule has 134 valence electrons. The molecule has 3 aromatic rings. The predicted octanol–water partition coefficient (Wildman–Crippen LogP) is 4.00. The van der Waals surface area contributed by atoms with Gasteiger partial charge in [-0.3, -0.25) is 4.79 Å². The summed E-state index contributed by atoms with van der Waals surface area (Å²) in [5.41, 5.74) is 9.76. The van der Waals surface area contributed by atoms with Gasteiger partial charge < -0.3 is 10.8 Å². The fourth-order valence-corrected chi connectivity index (χ4v) is 3.47. The van der Waals surface area contributed by atoms with Crippen molar-refractivity contribution >= 4 is 11.9 Å². The number of hydrogen-bond acceptors (Lipinski definition) is 2. The van der Waals surface area contributed by atoms with E-state index < -0.39 is 23.5 Å². The van der Waals surface area contributed by atoms with Gasteiger partial charge in [0.15, 0.2) is 11.6 Å². The lowest BCUT2D eigenvalue weighted by Gasteiger charge is -2.11. The molecule has 6 heteroatoms. The van der Waals surface area contributed by atoms with Crippen LogP contribution in [-0.4, -0.2) is 17.0 Å². The van der Waals surface area contributed by atoms with Crippen LogP contribution in [0.3, 0.4) is 0 Å². The first-order valence-electron chi connectivity index (χ1n) is 8.14. The molecular formula is C21H13F2NO3. The van der Waals surface area contributed by atoms with Crippen LogP contribution in [0.4, 0.5) is 8.78 Å². The zero-order valence-electron chi connectivity index (χ0n) is 13.9. The molecule has 0 spiro atoms. The third-order valence-corrected chi connectivity index (χ3v) is 4.78. The molecule has 0 atom stereocenters. The molecular weight excluding hydrogens is 352 g/mol. The zero-order valence-corrected chi connectivity index (χ0v) is 13.9. The Morgan fingerprint density at radius 2 is 1.67 bits per heavy atom. The largest absolute Gasteiger partial charge is 0.478 e. The van der Waals surface area contributed by atoms with Crippen molar-refractivity contribution in [2.75, 3.05) is 0 Å². The van der Waals surface area contributed by atoms with Crippen LogP contribution in [0.5, 0.6) is 0 Å². The van der Waals surface area contributed by atoms with E-state index in [4.69, 9.17) is 5.73 Å². The van der Waals surface area contributed by atoms with E-state index in [2.05, 4.69) is 0 Å². The summed E-state index contributed by atoms with van der Waals surface area (Å²) < 4.78 is 26.9. The van der Waals surface area contributed by atoms with Gasteiger partial charge in [0.2, 0.25) is 5.91 Å². The molecule has 0 heterocycles. The first kappa shape index (κ1) is 16.9. The zero-order chi connectivity index (χ0) is 19.3. The highest BCUT2D eigenvalue weighted by Gasteiger charge is 2.25. The van der Waals surface area contributed by atoms with Crippen LogP contribution in [0, 0.1) is 11.6 Å². The summed E-state index contributed by atoms with van der Waals surface area (Å²) in [6.07, 6.45) is 0.445. The molecule has 0 radical (unpaired) electrons. The highest BCUT2D eigenvalue weighted by atomic mass is 19.2. The molecule has 0 saturated carbocycles. The Balaban J connectivity index is 1.96. The van der Waals surface area contributed by atoms with Gasteiger partial charge >= 0.3 is 5.97 Å². The van der Waals surface area contributed by atoms with Gasteiger partial charge in [0, 0.05) is 5.56 Å². The monoisotopic (exact) mass is 365 g/mol. The van der Waals surface area contributed by atoms with Crippen molar-refractivity contribution in [3.8, 4) is 22.3 Å². The Bertz CT molecular complexity index is 1140. The van der Waals surface area contributed by atoms with Gasteiger partial charge in [-0.2, -0.15) is 0 Å². The van der Waals surface area contributed by atoms with E-state index in [0.29, 0.717) is 34.2 Å². The predicted molar refractivity (Wildman–Crippen MR) is 95.5 cm³/mol. The summed E-state index contributed by atoms with van der Waals surface area (Å²) in [6.45, 7) is 0. The van der Waals surface area contributed by atoms with Crippen LogP contribution >= 0.6 is 0 Å². The average Bonchev–Trinajstić information content (AvgIpc) is 3.00. The molecule has 3 N–H and O–H groups in total. The van der Waals surface area contributed by atoms with Crippen LogP contribution in [0.25, 0.3) is 22.3 Å². The minimum absolute atomic E-state index is 0.125. The molecule has 1 aliphatic carbocycles. The van der Waals surface area contributed by atoms with Gasteiger partial charge in [-0.25, -0.2) is 13.6 Å². The van der Waals surface area contributed by atoms with Crippen LogP contribution < -0.4 is 5.73 Å². The molecule has 0 aromatic heterocycles. The number of aromatic carboxylic acids is 1. The number of hydrogen-bond donors (Lipinski definition) is 2. The second-order valence-corrected chi connectivity index (χ2v) is 6.40. The van der Waals surface area contributed by atoms with E-state index in [-0.39, 0.29) is 11.1 Å². The summed E-state index contributed by atoms with van der Waals surface area (Å²) in [7, 11) is 0. The van der Waals surface area contributed by atoms with Crippen LogP contribution in [0.1, 0.15) is 31.8 Å². The topological polar surface area (TPSA) is 80.4 Å². The molecule has 1 amide bonds. The second-order valence-electron chi connectivity index (χ2n) is 6.40. The fourth-order valence-electron chi connectivity index (χ4n) is 3.47. The van der Waals surface area contributed by atoms with E-state index in [9.17, 15) is 23.5 Å². The number of carboxylic acids is 1. The third-order valence-electron chi connectivity index (χ3n) is 4.78. The minimum Gasteiger partial charge on any atom is -0.478 e. The van der Waals surface area contributed by atoms with Gasteiger partial charge in [0.25, 0.3) is 0 Å². The number of nitrogens with two attached hydrogens (primary N) is 1. The standard InChI is InChI=1S/C21H13F2NO3/c22-18-4-3-10(9-19(18)23)13-7-15-14-6-12(21(26)27)2-1-11(14)5-16(15)17(8-13)20(24)25/h1-4,6-9H,5H2,(H2,24,25)(H,26,27). The number of amides is 1. The highest BCUT2D eigenvalue weighted by Crippen LogP contribution is 2.41. The summed E-state index contributed by atoms with van der Waals surface area (Å²) in [4.78, 5) is 23.3. The maximum atomic E-state index is 13.6. The Morgan fingerprint density at radius 1 is 0.889 bits per heavy atom. The Morgan fingerprint density at radius 3 is 2.33 bits per heavy atom. The molecule has 0 saturated heterocycles. The van der Waals surface area contributed by atoms with Crippen molar-refractivity contribution in [2.45, 2.75) is 6.42 Å². The third kappa shape index (κ3) is 2.75. The maximum Gasteiger partial charge on any atom is 0.335 e. The first-order chi connectivity index (χ1) is 12.8. The van der Waals surface area contributed by atoms with Gasteiger partial charge in [-0.1, -0.05) is 12.1 Å². The number of carbonyl (C=O) groups is 2. The van der Waals surface area contributed by atoms with Crippen molar-refractivity contribution in [1.29, 1.82) is 0 Å². The lowest BCUT2D eigenvalue weighted by molar-refractivity contribution is 0.0696. The summed E-state index contributed by atoms with van der Waals surface area (Å²) >= 11 is 0. The molecule has 27 heavy (non-hydrogen) atoms. The molecule has 0 fully saturated rings. The number of halogens is 2. The lowest BCUT2D eigenvalue weighted by Crippen LogP contribution is -2.13. The Kier molecular flexibility index (Phi) is 3.77. The van der Waals surface area contributed by atoms with E-state index in [1.54, 1.807) is 24.3 Å². The fraction of sp³-hybridized carbons (Fsp3) is 0.0476. The number of primary amides is 1. The van der Waals surface area contributed by atoms with Crippen LogP contribution in [0.15, 0.2) is 48.5 Å². The number of carbonyl (C=O) groups excluding carboxylic acids is 1.